The number of benzene rings is 1. The van der Waals surface area contributed by atoms with E-state index in [0.717, 1.165) is 12.8 Å². The second-order valence-electron chi connectivity index (χ2n) is 4.48. The molecule has 0 heterocycles. The quantitative estimate of drug-likeness (QED) is 0.608. The molecule has 1 amide bonds. The highest BCUT2D eigenvalue weighted by Gasteiger charge is 2.19. The van der Waals surface area contributed by atoms with E-state index in [4.69, 9.17) is 5.73 Å². The van der Waals surface area contributed by atoms with Crippen molar-refractivity contribution in [3.05, 3.63) is 23.8 Å². The summed E-state index contributed by atoms with van der Waals surface area (Å²) in [5.74, 6) is -0.997. The molecule has 0 unspecified atom stereocenters. The predicted molar refractivity (Wildman–Crippen MR) is 75.6 cm³/mol. The number of nitrogen functional groups attached to an aromatic ring is 1. The average molecular weight is 284 g/mol. The van der Waals surface area contributed by atoms with Gasteiger partial charge in [0.1, 0.15) is 5.75 Å². The summed E-state index contributed by atoms with van der Waals surface area (Å²) < 4.78 is 24.1. The zero-order chi connectivity index (χ0) is 14.5. The van der Waals surface area contributed by atoms with Crippen molar-refractivity contribution in [2.75, 3.05) is 18.0 Å². The number of aryl methyl sites for hydroxylation is 1. The van der Waals surface area contributed by atoms with Gasteiger partial charge < -0.3 is 11.1 Å². The van der Waals surface area contributed by atoms with E-state index in [-0.39, 0.29) is 4.90 Å². The molecule has 0 aliphatic heterocycles. The normalized spacial score (nSPS) is 11.3. The largest absolute Gasteiger partial charge is 0.399 e. The van der Waals surface area contributed by atoms with Crippen LogP contribution in [0.2, 0.25) is 0 Å². The molecule has 0 saturated carbocycles. The third-order valence-corrected chi connectivity index (χ3v) is 4.39. The smallest absolute Gasteiger partial charge is 0.235 e. The summed E-state index contributed by atoms with van der Waals surface area (Å²) in [6, 6.07) is 4.46. The van der Waals surface area contributed by atoms with Crippen molar-refractivity contribution < 1.29 is 13.2 Å². The van der Waals surface area contributed by atoms with Crippen molar-refractivity contribution in [2.24, 2.45) is 0 Å². The fourth-order valence-corrected chi connectivity index (χ4v) is 2.80. The first-order valence-corrected chi connectivity index (χ1v) is 7.87. The van der Waals surface area contributed by atoms with E-state index in [1.807, 2.05) is 6.92 Å². The number of sulfone groups is 1. The SMILES string of the molecule is CCCCNC(=O)CS(=O)(=O)c1ccc(N)c(C)c1. The standard InChI is InChI=1S/C13H20N2O3S/c1-3-4-7-15-13(16)9-19(17,18)11-5-6-12(14)10(2)8-11/h5-6,8H,3-4,7,9,14H2,1-2H3,(H,15,16). The third-order valence-electron chi connectivity index (χ3n) is 2.77. The molecule has 1 aromatic rings. The Morgan fingerprint density at radius 1 is 1.37 bits per heavy atom. The number of anilines is 1. The van der Waals surface area contributed by atoms with Crippen molar-refractivity contribution in [2.45, 2.75) is 31.6 Å². The molecule has 19 heavy (non-hydrogen) atoms. The van der Waals surface area contributed by atoms with Gasteiger partial charge in [0.25, 0.3) is 0 Å². The molecule has 0 atom stereocenters. The number of nitrogens with two attached hydrogens (primary N) is 1. The first-order chi connectivity index (χ1) is 8.86. The molecule has 3 N–H and O–H groups in total. The predicted octanol–water partition coefficient (Wildman–Crippen LogP) is 1.27. The Hall–Kier alpha value is -1.56. The van der Waals surface area contributed by atoms with Crippen LogP contribution in [0, 0.1) is 6.92 Å². The van der Waals surface area contributed by atoms with E-state index in [9.17, 15) is 13.2 Å². The van der Waals surface area contributed by atoms with Crippen LogP contribution in [0.1, 0.15) is 25.3 Å². The Kier molecular flexibility index (Phi) is 5.35. The Morgan fingerprint density at radius 2 is 2.05 bits per heavy atom. The van der Waals surface area contributed by atoms with Gasteiger partial charge in [-0.1, -0.05) is 13.3 Å². The highest BCUT2D eigenvalue weighted by atomic mass is 32.2. The van der Waals surface area contributed by atoms with Crippen LogP contribution in [-0.4, -0.2) is 26.6 Å². The summed E-state index contributed by atoms with van der Waals surface area (Å²) in [4.78, 5) is 11.7. The van der Waals surface area contributed by atoms with Gasteiger partial charge in [0.05, 0.1) is 4.90 Å². The van der Waals surface area contributed by atoms with E-state index >= 15 is 0 Å². The van der Waals surface area contributed by atoms with Gasteiger partial charge >= 0.3 is 0 Å². The van der Waals surface area contributed by atoms with Gasteiger partial charge in [-0.2, -0.15) is 0 Å². The van der Waals surface area contributed by atoms with Crippen molar-refractivity contribution in [1.29, 1.82) is 0 Å². The number of carbonyl (C=O) groups is 1. The number of hydrogen-bond acceptors (Lipinski definition) is 4. The van der Waals surface area contributed by atoms with Crippen LogP contribution in [0.25, 0.3) is 0 Å². The molecule has 0 aliphatic carbocycles. The molecular weight excluding hydrogens is 264 g/mol. The molecule has 0 fully saturated rings. The van der Waals surface area contributed by atoms with Crippen molar-refractivity contribution in [3.63, 3.8) is 0 Å². The molecule has 0 aromatic heterocycles. The maximum Gasteiger partial charge on any atom is 0.235 e. The van der Waals surface area contributed by atoms with Crippen LogP contribution in [0.4, 0.5) is 5.69 Å². The van der Waals surface area contributed by atoms with E-state index in [0.29, 0.717) is 17.8 Å². The number of unbranched alkanes of at least 4 members (excludes halogenated alkanes) is 1. The van der Waals surface area contributed by atoms with Crippen LogP contribution in [0.15, 0.2) is 23.1 Å². The minimum absolute atomic E-state index is 0.129. The zero-order valence-corrected chi connectivity index (χ0v) is 12.1. The molecular formula is C13H20N2O3S. The Bertz CT molecular complexity index is 553. The monoisotopic (exact) mass is 284 g/mol. The van der Waals surface area contributed by atoms with Crippen LogP contribution in [-0.2, 0) is 14.6 Å². The molecule has 0 spiro atoms. The van der Waals surface area contributed by atoms with E-state index < -0.39 is 21.5 Å². The van der Waals surface area contributed by atoms with Crippen LogP contribution in [0.5, 0.6) is 0 Å². The van der Waals surface area contributed by atoms with E-state index in [2.05, 4.69) is 5.32 Å². The average Bonchev–Trinajstić information content (AvgIpc) is 2.32. The summed E-state index contributed by atoms with van der Waals surface area (Å²) in [6.07, 6.45) is 1.79. The van der Waals surface area contributed by atoms with E-state index in [1.54, 1.807) is 6.92 Å². The lowest BCUT2D eigenvalue weighted by Gasteiger charge is -2.07. The summed E-state index contributed by atoms with van der Waals surface area (Å²) in [7, 11) is -3.60. The lowest BCUT2D eigenvalue weighted by molar-refractivity contribution is -0.118. The van der Waals surface area contributed by atoms with Gasteiger partial charge in [0.15, 0.2) is 9.84 Å². The molecule has 1 rings (SSSR count). The van der Waals surface area contributed by atoms with Crippen molar-refractivity contribution >= 4 is 21.4 Å². The van der Waals surface area contributed by atoms with E-state index in [1.165, 1.54) is 18.2 Å². The fraction of sp³-hybridized carbons (Fsp3) is 0.462. The number of carbonyl (C=O) groups excluding carboxylic acids is 1. The number of hydrogen-bond donors (Lipinski definition) is 2. The zero-order valence-electron chi connectivity index (χ0n) is 11.3. The maximum absolute atomic E-state index is 12.0. The van der Waals surface area contributed by atoms with Gasteiger partial charge in [-0.15, -0.1) is 0 Å². The topological polar surface area (TPSA) is 89.3 Å². The molecule has 6 heteroatoms. The first-order valence-electron chi connectivity index (χ1n) is 6.22. The summed E-state index contributed by atoms with van der Waals surface area (Å²) >= 11 is 0. The highest BCUT2D eigenvalue weighted by Crippen LogP contribution is 2.17. The van der Waals surface area contributed by atoms with Crippen LogP contribution < -0.4 is 11.1 Å². The summed E-state index contributed by atoms with van der Waals surface area (Å²) in [5.41, 5.74) is 6.86. The van der Waals surface area contributed by atoms with Crippen LogP contribution in [0.3, 0.4) is 0 Å². The van der Waals surface area contributed by atoms with Gasteiger partial charge in [0.2, 0.25) is 5.91 Å². The van der Waals surface area contributed by atoms with Gasteiger partial charge in [-0.3, -0.25) is 4.79 Å². The molecule has 0 aliphatic rings. The Labute approximate surface area is 114 Å². The number of amides is 1. The number of rotatable bonds is 6. The fourth-order valence-electron chi connectivity index (χ4n) is 1.55. The summed E-state index contributed by atoms with van der Waals surface area (Å²) in [6.45, 7) is 4.24. The molecule has 106 valence electrons. The summed E-state index contributed by atoms with van der Waals surface area (Å²) in [5, 5.41) is 2.59. The van der Waals surface area contributed by atoms with Crippen LogP contribution >= 0.6 is 0 Å². The van der Waals surface area contributed by atoms with Gasteiger partial charge in [-0.05, 0) is 37.1 Å². The van der Waals surface area contributed by atoms with Crippen molar-refractivity contribution in [3.8, 4) is 0 Å². The lowest BCUT2D eigenvalue weighted by Crippen LogP contribution is -2.31. The Balaban J connectivity index is 2.75. The number of nitrogens with one attached hydrogen (secondary N) is 1. The minimum atomic E-state index is -3.60. The second kappa shape index (κ2) is 6.56. The maximum atomic E-state index is 12.0. The molecule has 0 bridgehead atoms. The molecule has 0 saturated heterocycles. The molecule has 1 aromatic carbocycles. The highest BCUT2D eigenvalue weighted by molar-refractivity contribution is 7.92. The second-order valence-corrected chi connectivity index (χ2v) is 6.47. The first kappa shape index (κ1) is 15.5. The lowest BCUT2D eigenvalue weighted by atomic mass is 10.2. The molecule has 0 radical (unpaired) electrons. The molecule has 5 nitrogen and oxygen atoms in total. The minimum Gasteiger partial charge on any atom is -0.399 e. The van der Waals surface area contributed by atoms with Gasteiger partial charge in [-0.25, -0.2) is 8.42 Å². The Morgan fingerprint density at radius 3 is 2.63 bits per heavy atom. The third kappa shape index (κ3) is 4.55. The van der Waals surface area contributed by atoms with Crippen molar-refractivity contribution in [1.82, 2.24) is 5.32 Å². The van der Waals surface area contributed by atoms with Gasteiger partial charge in [0, 0.05) is 12.2 Å².